The third-order valence-corrected chi connectivity index (χ3v) is 6.21. The highest BCUT2D eigenvalue weighted by Gasteiger charge is 2.37. The number of aromatic nitrogens is 2. The van der Waals surface area contributed by atoms with Crippen LogP contribution in [0, 0.1) is 0 Å². The van der Waals surface area contributed by atoms with Gasteiger partial charge in [0, 0.05) is 37.3 Å². The third kappa shape index (κ3) is 3.54. The Balaban J connectivity index is 1.29. The summed E-state index contributed by atoms with van der Waals surface area (Å²) in [6, 6.07) is 12.7. The lowest BCUT2D eigenvalue weighted by molar-refractivity contribution is -0.125. The molecule has 3 N–H and O–H groups in total. The Morgan fingerprint density at radius 3 is 2.58 bits per heavy atom. The predicted octanol–water partition coefficient (Wildman–Crippen LogP) is 2.39. The lowest BCUT2D eigenvalue weighted by Crippen LogP contribution is -2.42. The molecule has 1 unspecified atom stereocenters. The summed E-state index contributed by atoms with van der Waals surface area (Å²) in [5.74, 6) is -0.211. The van der Waals surface area contributed by atoms with Crippen molar-refractivity contribution in [2.45, 2.75) is 31.2 Å². The van der Waals surface area contributed by atoms with E-state index in [1.807, 2.05) is 47.5 Å². The van der Waals surface area contributed by atoms with Crippen LogP contribution in [-0.4, -0.2) is 51.5 Å². The average Bonchev–Trinajstić information content (AvgIpc) is 3.44. The summed E-state index contributed by atoms with van der Waals surface area (Å²) in [6.45, 7) is 1.31. The van der Waals surface area contributed by atoms with E-state index in [0.717, 1.165) is 29.6 Å². The first-order chi connectivity index (χ1) is 15.1. The number of nitrogens with one attached hydrogen (secondary N) is 1. The summed E-state index contributed by atoms with van der Waals surface area (Å²) in [6.07, 6.45) is 5.81. The maximum atomic E-state index is 13.2. The zero-order chi connectivity index (χ0) is 21.4. The number of para-hydroxylation sites is 1. The van der Waals surface area contributed by atoms with Crippen LogP contribution in [0.2, 0.25) is 0 Å². The summed E-state index contributed by atoms with van der Waals surface area (Å²) in [7, 11) is 0. The maximum absolute atomic E-state index is 13.2. The minimum Gasteiger partial charge on any atom is -0.368 e. The Morgan fingerprint density at radius 1 is 1.06 bits per heavy atom. The van der Waals surface area contributed by atoms with Gasteiger partial charge in [-0.2, -0.15) is 5.10 Å². The van der Waals surface area contributed by atoms with Crippen molar-refractivity contribution < 1.29 is 9.59 Å². The highest BCUT2D eigenvalue weighted by atomic mass is 16.2. The largest absolute Gasteiger partial charge is 0.368 e. The number of primary amides is 1. The minimum atomic E-state index is -0.641. The number of carbonyl (C=O) groups excluding carboxylic acids is 2. The van der Waals surface area contributed by atoms with Crippen molar-refractivity contribution in [1.29, 1.82) is 0 Å². The number of benzene rings is 1. The van der Waals surface area contributed by atoms with Crippen LogP contribution >= 0.6 is 0 Å². The molecule has 8 nitrogen and oxygen atoms in total. The van der Waals surface area contributed by atoms with E-state index in [1.54, 1.807) is 11.2 Å². The molecule has 0 radical (unpaired) electrons. The Hall–Kier alpha value is -3.68. The second-order valence-electron chi connectivity index (χ2n) is 8.06. The second-order valence-corrected chi connectivity index (χ2v) is 8.06. The van der Waals surface area contributed by atoms with Gasteiger partial charge in [0.2, 0.25) is 5.91 Å². The van der Waals surface area contributed by atoms with E-state index in [4.69, 9.17) is 5.73 Å². The van der Waals surface area contributed by atoms with Crippen molar-refractivity contribution in [2.75, 3.05) is 18.1 Å². The van der Waals surface area contributed by atoms with Gasteiger partial charge in [-0.15, -0.1) is 0 Å². The van der Waals surface area contributed by atoms with E-state index in [1.165, 1.54) is 5.56 Å². The van der Waals surface area contributed by atoms with Crippen molar-refractivity contribution in [3.8, 4) is 0 Å². The average molecular weight is 416 g/mol. The first kappa shape index (κ1) is 19.3. The number of carbonyl (C=O) groups is 2. The van der Waals surface area contributed by atoms with Crippen molar-refractivity contribution in [1.82, 2.24) is 14.9 Å². The van der Waals surface area contributed by atoms with Crippen LogP contribution in [0.15, 0.2) is 60.0 Å². The lowest BCUT2D eigenvalue weighted by atomic mass is 9.89. The molecule has 158 valence electrons. The molecule has 0 bridgehead atoms. The van der Waals surface area contributed by atoms with Gasteiger partial charge in [0.15, 0.2) is 0 Å². The summed E-state index contributed by atoms with van der Waals surface area (Å²) in [4.78, 5) is 34.6. The highest BCUT2D eigenvalue weighted by Crippen LogP contribution is 2.33. The minimum absolute atomic E-state index is 0.108. The van der Waals surface area contributed by atoms with E-state index in [2.05, 4.69) is 21.1 Å². The molecule has 1 aromatic carbocycles. The Labute approximate surface area is 179 Å². The van der Waals surface area contributed by atoms with Crippen molar-refractivity contribution in [3.05, 3.63) is 60.4 Å². The summed E-state index contributed by atoms with van der Waals surface area (Å²) >= 11 is 0. The molecule has 1 saturated heterocycles. The van der Waals surface area contributed by atoms with Gasteiger partial charge in [0.1, 0.15) is 17.4 Å². The number of rotatable bonds is 4. The second kappa shape index (κ2) is 7.86. The molecule has 0 aliphatic carbocycles. The van der Waals surface area contributed by atoms with E-state index in [0.29, 0.717) is 24.7 Å². The molecule has 1 atom stereocenters. The topological polar surface area (TPSA) is 108 Å². The molecule has 2 amide bonds. The molecule has 1 fully saturated rings. The molecule has 2 aliphatic heterocycles. The number of hydrogen-bond acceptors (Lipinski definition) is 5. The number of hydrogen-bond donors (Lipinski definition) is 2. The molecule has 31 heavy (non-hydrogen) atoms. The molecular formula is C23H24N6O2. The fourth-order valence-corrected chi connectivity index (χ4v) is 4.57. The summed E-state index contributed by atoms with van der Waals surface area (Å²) < 4.78 is 0. The lowest BCUT2D eigenvalue weighted by Gasteiger charge is -2.31. The first-order valence-corrected chi connectivity index (χ1v) is 10.5. The van der Waals surface area contributed by atoms with Gasteiger partial charge >= 0.3 is 0 Å². The van der Waals surface area contributed by atoms with Crippen LogP contribution in [0.1, 0.15) is 30.7 Å². The van der Waals surface area contributed by atoms with Crippen LogP contribution in [0.25, 0.3) is 11.0 Å². The third-order valence-electron chi connectivity index (χ3n) is 6.21. The number of fused-ring (bicyclic) bond motifs is 1. The van der Waals surface area contributed by atoms with Crippen LogP contribution in [0.3, 0.4) is 0 Å². The zero-order valence-corrected chi connectivity index (χ0v) is 17.1. The van der Waals surface area contributed by atoms with E-state index >= 15 is 0 Å². The summed E-state index contributed by atoms with van der Waals surface area (Å²) in [5, 5.41) is 7.21. The number of nitrogens with two attached hydrogens (primary N) is 1. The van der Waals surface area contributed by atoms with Gasteiger partial charge in [-0.3, -0.25) is 14.6 Å². The fraction of sp³-hybridized carbons (Fsp3) is 0.304. The predicted molar refractivity (Wildman–Crippen MR) is 119 cm³/mol. The Morgan fingerprint density at radius 2 is 1.84 bits per heavy atom. The van der Waals surface area contributed by atoms with Crippen LogP contribution < -0.4 is 10.7 Å². The van der Waals surface area contributed by atoms with Crippen molar-refractivity contribution in [2.24, 2.45) is 10.8 Å². The van der Waals surface area contributed by atoms with Gasteiger partial charge in [-0.25, -0.2) is 4.98 Å². The van der Waals surface area contributed by atoms with E-state index < -0.39 is 11.9 Å². The van der Waals surface area contributed by atoms with Crippen LogP contribution in [0.4, 0.5) is 5.69 Å². The van der Waals surface area contributed by atoms with Gasteiger partial charge in [0.25, 0.3) is 5.91 Å². The normalized spacial score (nSPS) is 19.6. The van der Waals surface area contributed by atoms with E-state index in [-0.39, 0.29) is 12.3 Å². The Kier molecular flexibility index (Phi) is 4.89. The molecule has 3 aromatic rings. The molecular weight excluding hydrogens is 392 g/mol. The van der Waals surface area contributed by atoms with Crippen LogP contribution in [0.5, 0.6) is 0 Å². The molecule has 2 aromatic heterocycles. The number of pyridine rings is 1. The number of amides is 2. The fourth-order valence-electron chi connectivity index (χ4n) is 4.57. The van der Waals surface area contributed by atoms with Gasteiger partial charge in [-0.1, -0.05) is 18.2 Å². The number of anilines is 1. The standard InChI is InChI=1S/C23H24N6O2/c24-21(30)20-13-19(27-29(20)16-5-2-1-3-6-16)23(31)28-11-8-15(9-12-28)18-14-26-22-17(18)7-4-10-25-22/h1-7,10,14-15,20H,8-9,11-13H2,(H2,24,30)(H,25,26). The number of aromatic amines is 1. The number of likely N-dealkylation sites (tertiary alicyclic amines) is 1. The molecule has 2 aliphatic rings. The highest BCUT2D eigenvalue weighted by molar-refractivity contribution is 6.40. The van der Waals surface area contributed by atoms with Crippen molar-refractivity contribution in [3.63, 3.8) is 0 Å². The SMILES string of the molecule is NC(=O)C1CC(C(=O)N2CCC(c3c[nH]c4ncccc34)CC2)=NN1c1ccccc1. The van der Waals surface area contributed by atoms with Crippen LogP contribution in [-0.2, 0) is 9.59 Å². The molecule has 4 heterocycles. The maximum Gasteiger partial charge on any atom is 0.270 e. The summed E-state index contributed by atoms with van der Waals surface area (Å²) in [5.41, 5.74) is 8.90. The van der Waals surface area contributed by atoms with Gasteiger partial charge < -0.3 is 15.6 Å². The first-order valence-electron chi connectivity index (χ1n) is 10.5. The number of piperidine rings is 1. The molecule has 5 rings (SSSR count). The quantitative estimate of drug-likeness (QED) is 0.681. The molecule has 0 saturated carbocycles. The molecule has 8 heteroatoms. The molecule has 0 spiro atoms. The Bertz CT molecular complexity index is 1150. The number of nitrogens with zero attached hydrogens (tertiary/aromatic N) is 4. The zero-order valence-electron chi connectivity index (χ0n) is 17.1. The van der Waals surface area contributed by atoms with Gasteiger partial charge in [-0.05, 0) is 48.6 Å². The van der Waals surface area contributed by atoms with Crippen molar-refractivity contribution >= 4 is 34.2 Å². The van der Waals surface area contributed by atoms with Gasteiger partial charge in [0.05, 0.1) is 5.69 Å². The van der Waals surface area contributed by atoms with E-state index in [9.17, 15) is 9.59 Å². The monoisotopic (exact) mass is 416 g/mol. The number of H-pyrrole nitrogens is 1. The smallest absolute Gasteiger partial charge is 0.270 e. The number of hydrazone groups is 1.